The third kappa shape index (κ3) is 3.26. The van der Waals surface area contributed by atoms with Gasteiger partial charge in [0.1, 0.15) is 5.75 Å². The molecule has 0 radical (unpaired) electrons. The number of nitrogens with one attached hydrogen (secondary N) is 2. The Labute approximate surface area is 114 Å². The first-order valence-corrected chi connectivity index (χ1v) is 6.90. The number of hydrogen-bond donors (Lipinski definition) is 2. The van der Waals surface area contributed by atoms with Gasteiger partial charge < -0.3 is 15.4 Å². The molecule has 1 saturated heterocycles. The van der Waals surface area contributed by atoms with E-state index in [1.165, 1.54) is 5.56 Å². The standard InChI is InChI=1S/C15H22N2O2/c1-3-16-15(18)13-10-11(8-9-17-13)12-6-4-5-7-14(12)19-2/h4-7,11,13,17H,3,8-10H2,1-2H3,(H,16,18). The molecule has 4 nitrogen and oxygen atoms in total. The van der Waals surface area contributed by atoms with Gasteiger partial charge >= 0.3 is 0 Å². The van der Waals surface area contributed by atoms with Gasteiger partial charge in [-0.1, -0.05) is 18.2 Å². The van der Waals surface area contributed by atoms with Crippen molar-refractivity contribution in [3.8, 4) is 5.75 Å². The monoisotopic (exact) mass is 262 g/mol. The second-order valence-corrected chi connectivity index (χ2v) is 4.86. The molecule has 0 aromatic heterocycles. The molecule has 2 rings (SSSR count). The average molecular weight is 262 g/mol. The van der Waals surface area contributed by atoms with E-state index in [2.05, 4.69) is 16.7 Å². The fourth-order valence-electron chi connectivity index (χ4n) is 2.70. The van der Waals surface area contributed by atoms with E-state index >= 15 is 0 Å². The van der Waals surface area contributed by atoms with Crippen molar-refractivity contribution in [2.24, 2.45) is 0 Å². The molecular weight excluding hydrogens is 240 g/mol. The van der Waals surface area contributed by atoms with Gasteiger partial charge in [-0.25, -0.2) is 0 Å². The van der Waals surface area contributed by atoms with Gasteiger partial charge in [0, 0.05) is 6.54 Å². The van der Waals surface area contributed by atoms with Crippen molar-refractivity contribution in [3.63, 3.8) is 0 Å². The van der Waals surface area contributed by atoms with Crippen LogP contribution >= 0.6 is 0 Å². The van der Waals surface area contributed by atoms with Gasteiger partial charge in [0.15, 0.2) is 0 Å². The maximum absolute atomic E-state index is 11.9. The van der Waals surface area contributed by atoms with Crippen molar-refractivity contribution >= 4 is 5.91 Å². The molecule has 0 aliphatic carbocycles. The summed E-state index contributed by atoms with van der Waals surface area (Å²) in [5.41, 5.74) is 1.21. The van der Waals surface area contributed by atoms with E-state index in [0.29, 0.717) is 12.5 Å². The summed E-state index contributed by atoms with van der Waals surface area (Å²) in [5, 5.41) is 6.17. The molecule has 1 heterocycles. The van der Waals surface area contributed by atoms with Crippen molar-refractivity contribution in [2.75, 3.05) is 20.2 Å². The number of piperidine rings is 1. The molecule has 0 bridgehead atoms. The van der Waals surface area contributed by atoms with Crippen LogP contribution in [0.4, 0.5) is 0 Å². The number of likely N-dealkylation sites (N-methyl/N-ethyl adjacent to an activating group) is 1. The number of carbonyl (C=O) groups is 1. The number of hydrogen-bond acceptors (Lipinski definition) is 3. The molecule has 1 aromatic rings. The highest BCUT2D eigenvalue weighted by molar-refractivity contribution is 5.81. The van der Waals surface area contributed by atoms with E-state index < -0.39 is 0 Å². The zero-order valence-electron chi connectivity index (χ0n) is 11.6. The molecule has 1 amide bonds. The van der Waals surface area contributed by atoms with Crippen LogP contribution in [0.2, 0.25) is 0 Å². The largest absolute Gasteiger partial charge is 0.496 e. The van der Waals surface area contributed by atoms with Gasteiger partial charge in [-0.3, -0.25) is 4.79 Å². The Balaban J connectivity index is 2.10. The predicted molar refractivity (Wildman–Crippen MR) is 75.4 cm³/mol. The van der Waals surface area contributed by atoms with Crippen molar-refractivity contribution < 1.29 is 9.53 Å². The fraction of sp³-hybridized carbons (Fsp3) is 0.533. The second kappa shape index (κ2) is 6.57. The molecule has 104 valence electrons. The SMILES string of the molecule is CCNC(=O)C1CC(c2ccccc2OC)CCN1. The van der Waals surface area contributed by atoms with Crippen molar-refractivity contribution in [3.05, 3.63) is 29.8 Å². The molecule has 1 fully saturated rings. The fourth-order valence-corrected chi connectivity index (χ4v) is 2.70. The number of ether oxygens (including phenoxy) is 1. The van der Waals surface area contributed by atoms with Gasteiger partial charge in [0.25, 0.3) is 0 Å². The lowest BCUT2D eigenvalue weighted by molar-refractivity contribution is -0.123. The zero-order valence-corrected chi connectivity index (χ0v) is 11.6. The molecule has 2 atom stereocenters. The first kappa shape index (κ1) is 13.9. The summed E-state index contributed by atoms with van der Waals surface area (Å²) in [5.74, 6) is 1.40. The molecular formula is C15H22N2O2. The van der Waals surface area contributed by atoms with E-state index in [-0.39, 0.29) is 11.9 Å². The molecule has 2 N–H and O–H groups in total. The van der Waals surface area contributed by atoms with Crippen LogP contribution in [0.5, 0.6) is 5.75 Å². The number of rotatable bonds is 4. The second-order valence-electron chi connectivity index (χ2n) is 4.86. The summed E-state index contributed by atoms with van der Waals surface area (Å²) >= 11 is 0. The van der Waals surface area contributed by atoms with Gasteiger partial charge in [-0.15, -0.1) is 0 Å². The van der Waals surface area contributed by atoms with Crippen LogP contribution < -0.4 is 15.4 Å². The summed E-state index contributed by atoms with van der Waals surface area (Å²) in [7, 11) is 1.70. The predicted octanol–water partition coefficient (Wildman–Crippen LogP) is 1.67. The van der Waals surface area contributed by atoms with Gasteiger partial charge in [-0.05, 0) is 43.9 Å². The highest BCUT2D eigenvalue weighted by Gasteiger charge is 2.28. The maximum Gasteiger partial charge on any atom is 0.237 e. The molecule has 1 aromatic carbocycles. The van der Waals surface area contributed by atoms with Crippen molar-refractivity contribution in [1.82, 2.24) is 10.6 Å². The number of carbonyl (C=O) groups excluding carboxylic acids is 1. The molecule has 1 aliphatic rings. The van der Waals surface area contributed by atoms with Crippen LogP contribution in [0.1, 0.15) is 31.2 Å². The Kier molecular flexibility index (Phi) is 4.80. The summed E-state index contributed by atoms with van der Waals surface area (Å²) in [6.45, 7) is 3.49. The molecule has 1 aliphatic heterocycles. The molecule has 19 heavy (non-hydrogen) atoms. The number of methoxy groups -OCH3 is 1. The minimum atomic E-state index is -0.0939. The first-order valence-electron chi connectivity index (χ1n) is 6.90. The zero-order chi connectivity index (χ0) is 13.7. The highest BCUT2D eigenvalue weighted by atomic mass is 16.5. The van der Waals surface area contributed by atoms with Crippen LogP contribution in [0.15, 0.2) is 24.3 Å². The van der Waals surface area contributed by atoms with E-state index in [0.717, 1.165) is 25.1 Å². The van der Waals surface area contributed by atoms with E-state index in [4.69, 9.17) is 4.74 Å². The molecule has 2 unspecified atom stereocenters. The summed E-state index contributed by atoms with van der Waals surface area (Å²) in [4.78, 5) is 11.9. The highest BCUT2D eigenvalue weighted by Crippen LogP contribution is 2.33. The quantitative estimate of drug-likeness (QED) is 0.868. The normalized spacial score (nSPS) is 22.8. The summed E-state index contributed by atoms with van der Waals surface area (Å²) in [6, 6.07) is 8.00. The Morgan fingerprint density at radius 3 is 3.00 bits per heavy atom. The van der Waals surface area contributed by atoms with E-state index in [9.17, 15) is 4.79 Å². The van der Waals surface area contributed by atoms with Crippen molar-refractivity contribution in [2.45, 2.75) is 31.7 Å². The minimum Gasteiger partial charge on any atom is -0.496 e. The van der Waals surface area contributed by atoms with E-state index in [1.54, 1.807) is 7.11 Å². The number of para-hydroxylation sites is 1. The lowest BCUT2D eigenvalue weighted by atomic mass is 9.85. The van der Waals surface area contributed by atoms with Crippen LogP contribution in [-0.2, 0) is 4.79 Å². The number of amides is 1. The van der Waals surface area contributed by atoms with Gasteiger partial charge in [0.2, 0.25) is 5.91 Å². The molecule has 0 saturated carbocycles. The lowest BCUT2D eigenvalue weighted by Crippen LogP contribution is -2.48. The average Bonchev–Trinajstić information content (AvgIpc) is 2.47. The third-order valence-corrected chi connectivity index (χ3v) is 3.65. The maximum atomic E-state index is 11.9. The Morgan fingerprint density at radius 2 is 2.26 bits per heavy atom. The van der Waals surface area contributed by atoms with E-state index in [1.807, 2.05) is 25.1 Å². The van der Waals surface area contributed by atoms with Gasteiger partial charge in [-0.2, -0.15) is 0 Å². The lowest BCUT2D eigenvalue weighted by Gasteiger charge is -2.30. The van der Waals surface area contributed by atoms with Crippen LogP contribution in [0.25, 0.3) is 0 Å². The van der Waals surface area contributed by atoms with Crippen LogP contribution in [0, 0.1) is 0 Å². The third-order valence-electron chi connectivity index (χ3n) is 3.65. The summed E-state index contributed by atoms with van der Waals surface area (Å²) in [6.07, 6.45) is 1.86. The van der Waals surface area contributed by atoms with Crippen LogP contribution in [0.3, 0.4) is 0 Å². The minimum absolute atomic E-state index is 0.0939. The van der Waals surface area contributed by atoms with Crippen LogP contribution in [-0.4, -0.2) is 32.1 Å². The van der Waals surface area contributed by atoms with Crippen molar-refractivity contribution in [1.29, 1.82) is 0 Å². The Morgan fingerprint density at radius 1 is 1.47 bits per heavy atom. The van der Waals surface area contributed by atoms with Gasteiger partial charge in [0.05, 0.1) is 13.2 Å². The smallest absolute Gasteiger partial charge is 0.237 e. The molecule has 0 spiro atoms. The molecule has 4 heteroatoms. The Bertz CT molecular complexity index is 434. The first-order chi connectivity index (χ1) is 9.26. The topological polar surface area (TPSA) is 50.4 Å². The summed E-state index contributed by atoms with van der Waals surface area (Å²) < 4.78 is 5.42. The number of benzene rings is 1. The Hall–Kier alpha value is -1.55.